The van der Waals surface area contributed by atoms with Gasteiger partial charge in [-0.05, 0) is 33.6 Å². The lowest BCUT2D eigenvalue weighted by atomic mass is 9.97. The number of allylic oxidation sites excluding steroid dienone is 1. The van der Waals surface area contributed by atoms with E-state index in [9.17, 15) is 14.4 Å². The van der Waals surface area contributed by atoms with Crippen LogP contribution in [0.4, 0.5) is 0 Å². The van der Waals surface area contributed by atoms with E-state index in [1.54, 1.807) is 26.8 Å². The van der Waals surface area contributed by atoms with Crippen LogP contribution in [0.2, 0.25) is 0 Å². The predicted octanol–water partition coefficient (Wildman–Crippen LogP) is 2.82. The van der Waals surface area contributed by atoms with E-state index >= 15 is 0 Å². The van der Waals surface area contributed by atoms with Crippen molar-refractivity contribution in [2.75, 3.05) is 7.11 Å². The Morgan fingerprint density at radius 2 is 1.81 bits per heavy atom. The average Bonchev–Trinajstić information content (AvgIpc) is 2.37. The smallest absolute Gasteiger partial charge is 0.309 e. The monoisotopic (exact) mass is 298 g/mol. The highest BCUT2D eigenvalue weighted by Crippen LogP contribution is 2.18. The number of Topliss-reactive ketones (excluding diaryl/α,β-unsaturated/α-hetero) is 1. The fourth-order valence-electron chi connectivity index (χ4n) is 1.78. The van der Waals surface area contributed by atoms with Crippen molar-refractivity contribution < 1.29 is 23.9 Å². The van der Waals surface area contributed by atoms with Gasteiger partial charge < -0.3 is 9.47 Å². The third kappa shape index (κ3) is 9.82. The van der Waals surface area contributed by atoms with Gasteiger partial charge in [0.2, 0.25) is 0 Å². The van der Waals surface area contributed by atoms with E-state index in [0.717, 1.165) is 0 Å². The van der Waals surface area contributed by atoms with E-state index in [0.29, 0.717) is 19.3 Å². The molecule has 0 heterocycles. The largest absolute Gasteiger partial charge is 0.469 e. The summed E-state index contributed by atoms with van der Waals surface area (Å²) in [4.78, 5) is 35.1. The molecular weight excluding hydrogens is 272 g/mol. The van der Waals surface area contributed by atoms with Crippen molar-refractivity contribution in [1.82, 2.24) is 0 Å². The Morgan fingerprint density at radius 3 is 2.29 bits per heavy atom. The summed E-state index contributed by atoms with van der Waals surface area (Å²) in [6.07, 6.45) is 3.17. The normalized spacial score (nSPS) is 12.4. The minimum absolute atomic E-state index is 0.0491. The van der Waals surface area contributed by atoms with Crippen molar-refractivity contribution in [3.63, 3.8) is 0 Å². The molecule has 0 aromatic heterocycles. The molecule has 0 aliphatic rings. The Kier molecular flexibility index (Phi) is 8.58. The molecule has 5 nitrogen and oxygen atoms in total. The SMILES string of the molecule is C=CCCC(=O)CC[C@H](CC(=O)OC(C)(C)C)C(=O)OC. The van der Waals surface area contributed by atoms with Gasteiger partial charge in [-0.25, -0.2) is 0 Å². The molecule has 0 N–H and O–H groups in total. The first-order chi connectivity index (χ1) is 9.69. The van der Waals surface area contributed by atoms with E-state index < -0.39 is 23.5 Å². The number of carbonyl (C=O) groups excluding carboxylic acids is 3. The molecule has 0 amide bonds. The summed E-state index contributed by atoms with van der Waals surface area (Å²) in [5.41, 5.74) is -0.600. The van der Waals surface area contributed by atoms with Crippen LogP contribution in [0.15, 0.2) is 12.7 Å². The number of hydrogen-bond donors (Lipinski definition) is 0. The van der Waals surface area contributed by atoms with Gasteiger partial charge in [-0.2, -0.15) is 0 Å². The minimum Gasteiger partial charge on any atom is -0.469 e. The molecular formula is C16H26O5. The molecule has 0 aromatic rings. The van der Waals surface area contributed by atoms with Gasteiger partial charge in [0.1, 0.15) is 11.4 Å². The number of ketones is 1. The number of ether oxygens (including phenoxy) is 2. The Balaban J connectivity index is 4.46. The molecule has 0 saturated heterocycles. The van der Waals surface area contributed by atoms with Crippen molar-refractivity contribution in [2.45, 2.75) is 58.5 Å². The lowest BCUT2D eigenvalue weighted by Crippen LogP contribution is -2.28. The molecule has 0 bridgehead atoms. The van der Waals surface area contributed by atoms with E-state index in [1.165, 1.54) is 7.11 Å². The summed E-state index contributed by atoms with van der Waals surface area (Å²) in [6.45, 7) is 8.84. The quantitative estimate of drug-likeness (QED) is 0.483. The molecule has 0 aliphatic heterocycles. The van der Waals surface area contributed by atoms with Gasteiger partial charge in [-0.1, -0.05) is 6.08 Å². The fourth-order valence-corrected chi connectivity index (χ4v) is 1.78. The Bertz CT molecular complexity index is 379. The predicted molar refractivity (Wildman–Crippen MR) is 79.6 cm³/mol. The van der Waals surface area contributed by atoms with Gasteiger partial charge >= 0.3 is 11.9 Å². The van der Waals surface area contributed by atoms with E-state index in [4.69, 9.17) is 4.74 Å². The number of methoxy groups -OCH3 is 1. The molecule has 0 fully saturated rings. The van der Waals surface area contributed by atoms with Crippen LogP contribution < -0.4 is 0 Å². The molecule has 21 heavy (non-hydrogen) atoms. The second-order valence-electron chi connectivity index (χ2n) is 5.92. The number of carbonyl (C=O) groups is 3. The van der Waals surface area contributed by atoms with Crippen LogP contribution in [0.3, 0.4) is 0 Å². The van der Waals surface area contributed by atoms with Crippen LogP contribution in [0.25, 0.3) is 0 Å². The molecule has 120 valence electrons. The standard InChI is InChI=1S/C16H26O5/c1-6-7-8-13(17)10-9-12(15(19)20-5)11-14(18)21-16(2,3)4/h6,12H,1,7-11H2,2-5H3/t12-/m1/s1. The van der Waals surface area contributed by atoms with Crippen LogP contribution in [0.5, 0.6) is 0 Å². The summed E-state index contributed by atoms with van der Waals surface area (Å²) in [7, 11) is 1.27. The molecule has 0 spiro atoms. The van der Waals surface area contributed by atoms with Crippen LogP contribution in [0.1, 0.15) is 52.9 Å². The maximum atomic E-state index is 11.8. The highest BCUT2D eigenvalue weighted by atomic mass is 16.6. The molecule has 0 aromatic carbocycles. The lowest BCUT2D eigenvalue weighted by Gasteiger charge is -2.21. The highest BCUT2D eigenvalue weighted by Gasteiger charge is 2.26. The van der Waals surface area contributed by atoms with Gasteiger partial charge in [0, 0.05) is 12.8 Å². The van der Waals surface area contributed by atoms with Crippen molar-refractivity contribution >= 4 is 17.7 Å². The zero-order valence-electron chi connectivity index (χ0n) is 13.4. The molecule has 0 aliphatic carbocycles. The second-order valence-corrected chi connectivity index (χ2v) is 5.92. The van der Waals surface area contributed by atoms with Crippen LogP contribution in [-0.4, -0.2) is 30.4 Å². The Labute approximate surface area is 126 Å². The van der Waals surface area contributed by atoms with Crippen LogP contribution in [0, 0.1) is 5.92 Å². The third-order valence-electron chi connectivity index (χ3n) is 2.77. The first-order valence-corrected chi connectivity index (χ1v) is 7.12. The minimum atomic E-state index is -0.641. The van der Waals surface area contributed by atoms with Gasteiger partial charge in [0.25, 0.3) is 0 Å². The maximum absolute atomic E-state index is 11.8. The van der Waals surface area contributed by atoms with Crippen molar-refractivity contribution in [3.8, 4) is 0 Å². The third-order valence-corrected chi connectivity index (χ3v) is 2.77. The van der Waals surface area contributed by atoms with Crippen LogP contribution >= 0.6 is 0 Å². The summed E-state index contributed by atoms with van der Waals surface area (Å²) >= 11 is 0. The van der Waals surface area contributed by atoms with E-state index in [-0.39, 0.29) is 18.6 Å². The maximum Gasteiger partial charge on any atom is 0.309 e. The van der Waals surface area contributed by atoms with Gasteiger partial charge in [0.05, 0.1) is 19.4 Å². The molecule has 1 atom stereocenters. The van der Waals surface area contributed by atoms with E-state index in [2.05, 4.69) is 11.3 Å². The van der Waals surface area contributed by atoms with Crippen molar-refractivity contribution in [1.29, 1.82) is 0 Å². The van der Waals surface area contributed by atoms with E-state index in [1.807, 2.05) is 0 Å². The van der Waals surface area contributed by atoms with Crippen molar-refractivity contribution in [2.24, 2.45) is 5.92 Å². The van der Waals surface area contributed by atoms with Gasteiger partial charge in [0.15, 0.2) is 0 Å². The van der Waals surface area contributed by atoms with Gasteiger partial charge in [-0.15, -0.1) is 6.58 Å². The topological polar surface area (TPSA) is 69.7 Å². The number of esters is 2. The number of rotatable bonds is 9. The zero-order valence-corrected chi connectivity index (χ0v) is 13.4. The molecule has 0 rings (SSSR count). The Hall–Kier alpha value is -1.65. The second kappa shape index (κ2) is 9.32. The van der Waals surface area contributed by atoms with Crippen LogP contribution in [-0.2, 0) is 23.9 Å². The summed E-state index contributed by atoms with van der Waals surface area (Å²) in [6, 6.07) is 0. The first-order valence-electron chi connectivity index (χ1n) is 7.12. The summed E-state index contributed by atoms with van der Waals surface area (Å²) in [5.74, 6) is -1.54. The molecule has 5 heteroatoms. The first kappa shape index (κ1) is 19.4. The molecule has 0 unspecified atom stereocenters. The number of hydrogen-bond acceptors (Lipinski definition) is 5. The summed E-state index contributed by atoms with van der Waals surface area (Å²) < 4.78 is 9.87. The zero-order chi connectivity index (χ0) is 16.5. The molecule has 0 saturated carbocycles. The fraction of sp³-hybridized carbons (Fsp3) is 0.688. The van der Waals surface area contributed by atoms with Crippen molar-refractivity contribution in [3.05, 3.63) is 12.7 Å². The Morgan fingerprint density at radius 1 is 1.19 bits per heavy atom. The summed E-state index contributed by atoms with van der Waals surface area (Å²) in [5, 5.41) is 0. The molecule has 0 radical (unpaired) electrons. The lowest BCUT2D eigenvalue weighted by molar-refractivity contribution is -0.161. The average molecular weight is 298 g/mol. The highest BCUT2D eigenvalue weighted by molar-refractivity contribution is 5.82. The van der Waals surface area contributed by atoms with Gasteiger partial charge in [-0.3, -0.25) is 14.4 Å².